The molecule has 150 valence electrons. The standard InChI is InChI=1S/C22H24N4O2S/c1-3-9-26-10-8-16-18(12-26)29-22(19(16)20(23)27)25-21(28)15-7-6-14-5-4-13(2)24-17(14)11-15/h4-7,11H,3,8-10,12H2,1-2H3,(H2,23,27)(H,25,28). The number of primary amides is 1. The van der Waals surface area contributed by atoms with Crippen LogP contribution in [0.25, 0.3) is 10.9 Å². The molecule has 6 nitrogen and oxygen atoms in total. The molecule has 2 aromatic heterocycles. The lowest BCUT2D eigenvalue weighted by Crippen LogP contribution is -2.31. The maximum atomic E-state index is 12.9. The predicted octanol–water partition coefficient (Wildman–Crippen LogP) is 3.72. The first kappa shape index (κ1) is 19.5. The van der Waals surface area contributed by atoms with Crippen molar-refractivity contribution in [1.29, 1.82) is 0 Å². The summed E-state index contributed by atoms with van der Waals surface area (Å²) in [7, 11) is 0. The van der Waals surface area contributed by atoms with E-state index in [-0.39, 0.29) is 5.91 Å². The van der Waals surface area contributed by atoms with E-state index in [0.29, 0.717) is 16.1 Å². The Morgan fingerprint density at radius 3 is 2.83 bits per heavy atom. The Hall–Kier alpha value is -2.77. The van der Waals surface area contributed by atoms with Crippen molar-refractivity contribution >= 4 is 39.1 Å². The molecular formula is C22H24N4O2S. The number of aryl methyl sites for hydroxylation is 1. The van der Waals surface area contributed by atoms with Crippen LogP contribution in [0.1, 0.15) is 50.2 Å². The molecule has 7 heteroatoms. The number of thiophene rings is 1. The fourth-order valence-corrected chi connectivity index (χ4v) is 5.14. The molecule has 2 amide bonds. The second-order valence-corrected chi connectivity index (χ2v) is 8.52. The molecule has 0 saturated carbocycles. The highest BCUT2D eigenvalue weighted by atomic mass is 32.1. The summed E-state index contributed by atoms with van der Waals surface area (Å²) >= 11 is 1.46. The number of fused-ring (bicyclic) bond motifs is 2. The molecule has 0 unspecified atom stereocenters. The molecule has 0 aliphatic carbocycles. The Morgan fingerprint density at radius 2 is 2.07 bits per heavy atom. The number of hydrogen-bond donors (Lipinski definition) is 2. The third kappa shape index (κ3) is 3.88. The molecule has 0 fully saturated rings. The summed E-state index contributed by atoms with van der Waals surface area (Å²) < 4.78 is 0. The van der Waals surface area contributed by atoms with Gasteiger partial charge in [0.25, 0.3) is 11.8 Å². The number of benzene rings is 1. The third-order valence-corrected chi connectivity index (χ3v) is 6.37. The van der Waals surface area contributed by atoms with E-state index in [0.717, 1.165) is 59.5 Å². The highest BCUT2D eigenvalue weighted by Gasteiger charge is 2.27. The molecule has 3 heterocycles. The Morgan fingerprint density at radius 1 is 1.28 bits per heavy atom. The fraction of sp³-hybridized carbons (Fsp3) is 0.318. The highest BCUT2D eigenvalue weighted by Crippen LogP contribution is 2.37. The minimum atomic E-state index is -0.488. The minimum Gasteiger partial charge on any atom is -0.365 e. The van der Waals surface area contributed by atoms with Gasteiger partial charge in [0.15, 0.2) is 0 Å². The number of aromatic nitrogens is 1. The maximum absolute atomic E-state index is 12.9. The number of nitrogens with zero attached hydrogens (tertiary/aromatic N) is 2. The highest BCUT2D eigenvalue weighted by molar-refractivity contribution is 7.17. The zero-order valence-corrected chi connectivity index (χ0v) is 17.4. The molecule has 3 N–H and O–H groups in total. The van der Waals surface area contributed by atoms with Gasteiger partial charge in [-0.1, -0.05) is 19.1 Å². The van der Waals surface area contributed by atoms with E-state index in [1.165, 1.54) is 11.3 Å². The number of carbonyl (C=O) groups is 2. The smallest absolute Gasteiger partial charge is 0.256 e. The van der Waals surface area contributed by atoms with Crippen molar-refractivity contribution in [2.45, 2.75) is 33.2 Å². The van der Waals surface area contributed by atoms with Crippen LogP contribution in [0.5, 0.6) is 0 Å². The van der Waals surface area contributed by atoms with Gasteiger partial charge >= 0.3 is 0 Å². The molecule has 0 saturated heterocycles. The fourth-order valence-electron chi connectivity index (χ4n) is 3.85. The normalized spacial score (nSPS) is 14.0. The second kappa shape index (κ2) is 7.93. The number of nitrogens with two attached hydrogens (primary N) is 1. The summed E-state index contributed by atoms with van der Waals surface area (Å²) in [4.78, 5) is 33.0. The Kier molecular flexibility index (Phi) is 5.34. The summed E-state index contributed by atoms with van der Waals surface area (Å²) in [5.41, 5.74) is 9.30. The summed E-state index contributed by atoms with van der Waals surface area (Å²) in [5, 5.41) is 4.45. The monoisotopic (exact) mass is 408 g/mol. The molecule has 29 heavy (non-hydrogen) atoms. The lowest BCUT2D eigenvalue weighted by atomic mass is 10.0. The van der Waals surface area contributed by atoms with Gasteiger partial charge in [-0.05, 0) is 50.1 Å². The first-order chi connectivity index (χ1) is 14.0. The third-order valence-electron chi connectivity index (χ3n) is 5.24. The average Bonchev–Trinajstić information content (AvgIpc) is 3.04. The minimum absolute atomic E-state index is 0.262. The van der Waals surface area contributed by atoms with Crippen LogP contribution in [-0.4, -0.2) is 34.8 Å². The second-order valence-electron chi connectivity index (χ2n) is 7.41. The van der Waals surface area contributed by atoms with E-state index in [2.05, 4.69) is 22.1 Å². The van der Waals surface area contributed by atoms with Crippen molar-refractivity contribution in [3.05, 3.63) is 57.6 Å². The maximum Gasteiger partial charge on any atom is 0.256 e. The predicted molar refractivity (Wildman–Crippen MR) is 117 cm³/mol. The van der Waals surface area contributed by atoms with Crippen LogP contribution in [0.2, 0.25) is 0 Å². The van der Waals surface area contributed by atoms with Gasteiger partial charge in [-0.25, -0.2) is 0 Å². The molecule has 1 aromatic carbocycles. The van der Waals surface area contributed by atoms with Crippen molar-refractivity contribution in [2.75, 3.05) is 18.4 Å². The molecule has 1 aliphatic heterocycles. The average molecular weight is 409 g/mol. The van der Waals surface area contributed by atoms with Crippen LogP contribution in [-0.2, 0) is 13.0 Å². The van der Waals surface area contributed by atoms with E-state index < -0.39 is 5.91 Å². The quantitative estimate of drug-likeness (QED) is 0.673. The molecule has 0 radical (unpaired) electrons. The summed E-state index contributed by atoms with van der Waals surface area (Å²) in [6, 6.07) is 9.36. The molecule has 3 aromatic rings. The van der Waals surface area contributed by atoms with E-state index in [9.17, 15) is 9.59 Å². The van der Waals surface area contributed by atoms with Crippen molar-refractivity contribution in [3.8, 4) is 0 Å². The number of pyridine rings is 1. The van der Waals surface area contributed by atoms with Gasteiger partial charge in [-0.3, -0.25) is 19.5 Å². The van der Waals surface area contributed by atoms with Gasteiger partial charge in [0.2, 0.25) is 0 Å². The SMILES string of the molecule is CCCN1CCc2c(sc(NC(=O)c3ccc4ccc(C)nc4c3)c2C(N)=O)C1. The van der Waals surface area contributed by atoms with Crippen LogP contribution in [0.15, 0.2) is 30.3 Å². The van der Waals surface area contributed by atoms with Crippen LogP contribution in [0.4, 0.5) is 5.00 Å². The van der Waals surface area contributed by atoms with Crippen molar-refractivity contribution in [2.24, 2.45) is 5.73 Å². The van der Waals surface area contributed by atoms with Crippen molar-refractivity contribution < 1.29 is 9.59 Å². The zero-order chi connectivity index (χ0) is 20.5. The summed E-state index contributed by atoms with van der Waals surface area (Å²) in [6.45, 7) is 6.80. The van der Waals surface area contributed by atoms with Gasteiger partial charge in [0.1, 0.15) is 5.00 Å². The topological polar surface area (TPSA) is 88.3 Å². The summed E-state index contributed by atoms with van der Waals surface area (Å²) in [5.74, 6) is -0.751. The van der Waals surface area contributed by atoms with Crippen LogP contribution >= 0.6 is 11.3 Å². The molecular weight excluding hydrogens is 384 g/mol. The number of amides is 2. The molecule has 1 aliphatic rings. The number of nitrogens with one attached hydrogen (secondary N) is 1. The van der Waals surface area contributed by atoms with Gasteiger partial charge in [0.05, 0.1) is 11.1 Å². The summed E-state index contributed by atoms with van der Waals surface area (Å²) in [6.07, 6.45) is 1.86. The molecule has 0 spiro atoms. The van der Waals surface area contributed by atoms with Gasteiger partial charge < -0.3 is 11.1 Å². The molecule has 0 atom stereocenters. The van der Waals surface area contributed by atoms with Crippen molar-refractivity contribution in [1.82, 2.24) is 9.88 Å². The van der Waals surface area contributed by atoms with Gasteiger partial charge in [0, 0.05) is 34.6 Å². The lowest BCUT2D eigenvalue weighted by molar-refractivity contribution is 0.1000. The lowest BCUT2D eigenvalue weighted by Gasteiger charge is -2.26. The van der Waals surface area contributed by atoms with Crippen LogP contribution in [0, 0.1) is 6.92 Å². The zero-order valence-electron chi connectivity index (χ0n) is 16.6. The first-order valence-corrected chi connectivity index (χ1v) is 10.6. The van der Waals surface area contributed by atoms with E-state index in [1.54, 1.807) is 12.1 Å². The number of anilines is 1. The van der Waals surface area contributed by atoms with E-state index in [4.69, 9.17) is 5.73 Å². The van der Waals surface area contributed by atoms with E-state index >= 15 is 0 Å². The Labute approximate surface area is 173 Å². The number of carbonyl (C=O) groups excluding carboxylic acids is 2. The molecule has 0 bridgehead atoms. The molecule has 4 rings (SSSR count). The van der Waals surface area contributed by atoms with Crippen LogP contribution in [0.3, 0.4) is 0 Å². The Balaban J connectivity index is 1.64. The number of hydrogen-bond acceptors (Lipinski definition) is 5. The van der Waals surface area contributed by atoms with E-state index in [1.807, 2.05) is 25.1 Å². The van der Waals surface area contributed by atoms with Crippen molar-refractivity contribution in [3.63, 3.8) is 0 Å². The Bertz CT molecular complexity index is 1110. The number of rotatable bonds is 5. The largest absolute Gasteiger partial charge is 0.365 e. The van der Waals surface area contributed by atoms with Gasteiger partial charge in [-0.15, -0.1) is 11.3 Å². The van der Waals surface area contributed by atoms with Crippen LogP contribution < -0.4 is 11.1 Å². The van der Waals surface area contributed by atoms with Gasteiger partial charge in [-0.2, -0.15) is 0 Å². The first-order valence-electron chi connectivity index (χ1n) is 9.81.